The van der Waals surface area contributed by atoms with Crippen LogP contribution in [0.4, 0.5) is 0 Å². The van der Waals surface area contributed by atoms with Gasteiger partial charge in [0.05, 0.1) is 23.6 Å². The van der Waals surface area contributed by atoms with Crippen LogP contribution in [0, 0.1) is 5.92 Å². The van der Waals surface area contributed by atoms with Gasteiger partial charge in [-0.15, -0.1) is 0 Å². The first-order valence-corrected chi connectivity index (χ1v) is 10.7. The van der Waals surface area contributed by atoms with E-state index in [4.69, 9.17) is 0 Å². The highest BCUT2D eigenvalue weighted by Crippen LogP contribution is 2.23. The van der Waals surface area contributed by atoms with Crippen molar-refractivity contribution < 1.29 is 9.59 Å². The van der Waals surface area contributed by atoms with Gasteiger partial charge in [0.2, 0.25) is 11.8 Å². The number of H-pyrrole nitrogens is 1. The second-order valence-corrected chi connectivity index (χ2v) is 8.00. The van der Waals surface area contributed by atoms with Gasteiger partial charge in [-0.2, -0.15) is 0 Å². The fraction of sp³-hybridized carbons (Fsp3) is 0.375. The summed E-state index contributed by atoms with van der Waals surface area (Å²) in [6.45, 7) is -0.0130. The Hall–Kier alpha value is -3.15. The van der Waals surface area contributed by atoms with Crippen LogP contribution >= 0.6 is 0 Å². The number of rotatable bonds is 7. The van der Waals surface area contributed by atoms with E-state index in [1.54, 1.807) is 0 Å². The van der Waals surface area contributed by atoms with Crippen molar-refractivity contribution in [3.8, 4) is 0 Å². The molecule has 0 aliphatic heterocycles. The molecule has 1 fully saturated rings. The molecule has 2 aromatic carbocycles. The lowest BCUT2D eigenvalue weighted by Gasteiger charge is -2.21. The van der Waals surface area contributed by atoms with Gasteiger partial charge in [0.15, 0.2) is 0 Å². The average Bonchev–Trinajstić information content (AvgIpc) is 3.23. The number of hydrogen-bond donors (Lipinski definition) is 3. The number of nitrogens with zero attached hydrogens (tertiary/aromatic N) is 1. The van der Waals surface area contributed by atoms with E-state index in [-0.39, 0.29) is 30.3 Å². The van der Waals surface area contributed by atoms with Crippen LogP contribution in [0.2, 0.25) is 0 Å². The molecule has 0 saturated heterocycles. The van der Waals surface area contributed by atoms with E-state index < -0.39 is 0 Å². The third kappa shape index (κ3) is 5.06. The van der Waals surface area contributed by atoms with Crippen LogP contribution in [0.25, 0.3) is 11.0 Å². The highest BCUT2D eigenvalue weighted by molar-refractivity contribution is 5.86. The van der Waals surface area contributed by atoms with E-state index in [0.717, 1.165) is 42.3 Å². The van der Waals surface area contributed by atoms with Gasteiger partial charge in [-0.25, -0.2) is 4.98 Å². The van der Waals surface area contributed by atoms with Crippen LogP contribution in [-0.4, -0.2) is 28.3 Å². The minimum Gasteiger partial charge on any atom is -0.347 e. The maximum Gasteiger partial charge on any atom is 0.239 e. The number of aromatic amines is 1. The summed E-state index contributed by atoms with van der Waals surface area (Å²) < 4.78 is 0. The second-order valence-electron chi connectivity index (χ2n) is 8.00. The van der Waals surface area contributed by atoms with Crippen molar-refractivity contribution in [3.05, 3.63) is 66.0 Å². The van der Waals surface area contributed by atoms with Crippen LogP contribution < -0.4 is 10.6 Å². The van der Waals surface area contributed by atoms with Gasteiger partial charge in [-0.1, -0.05) is 61.7 Å². The molecule has 0 radical (unpaired) electrons. The first-order chi connectivity index (χ1) is 14.7. The highest BCUT2D eigenvalue weighted by Gasteiger charge is 2.23. The summed E-state index contributed by atoms with van der Waals surface area (Å²) in [7, 11) is 0. The molecule has 1 atom stereocenters. The first kappa shape index (κ1) is 20.1. The van der Waals surface area contributed by atoms with Crippen molar-refractivity contribution in [2.75, 3.05) is 6.54 Å². The molecule has 1 saturated carbocycles. The predicted molar refractivity (Wildman–Crippen MR) is 117 cm³/mol. The smallest absolute Gasteiger partial charge is 0.239 e. The standard InChI is InChI=1S/C24H28N4O2/c29-22(16-25-24(30)18-11-5-2-6-12-18)26-21(15-17-9-3-1-4-10-17)23-27-19-13-7-8-14-20(19)28-23/h1,3-4,7-10,13-14,18,21H,2,5-6,11-12,15-16H2,(H,25,30)(H,26,29)(H,27,28)/t21-/m1/s1. The quantitative estimate of drug-likeness (QED) is 0.562. The van der Waals surface area contributed by atoms with Crippen molar-refractivity contribution in [2.24, 2.45) is 5.92 Å². The Morgan fingerprint density at radius 3 is 2.50 bits per heavy atom. The Morgan fingerprint density at radius 1 is 1.00 bits per heavy atom. The summed E-state index contributed by atoms with van der Waals surface area (Å²) >= 11 is 0. The third-order valence-electron chi connectivity index (χ3n) is 5.75. The van der Waals surface area contributed by atoms with Crippen molar-refractivity contribution in [1.82, 2.24) is 20.6 Å². The van der Waals surface area contributed by atoms with E-state index in [1.807, 2.05) is 54.6 Å². The summed E-state index contributed by atoms with van der Waals surface area (Å²) in [5.74, 6) is 0.544. The lowest BCUT2D eigenvalue weighted by atomic mass is 9.89. The van der Waals surface area contributed by atoms with E-state index in [9.17, 15) is 9.59 Å². The Balaban J connectivity index is 1.43. The SMILES string of the molecule is O=C(CNC(=O)C1CCCCC1)N[C@H](Cc1ccccc1)c1nc2ccccc2[nH]1. The number of hydrogen-bond acceptors (Lipinski definition) is 3. The van der Waals surface area contributed by atoms with Gasteiger partial charge in [0.25, 0.3) is 0 Å². The van der Waals surface area contributed by atoms with Crippen LogP contribution in [0.5, 0.6) is 0 Å². The van der Waals surface area contributed by atoms with E-state index in [1.165, 1.54) is 6.42 Å². The van der Waals surface area contributed by atoms with Gasteiger partial charge < -0.3 is 15.6 Å². The Labute approximate surface area is 176 Å². The highest BCUT2D eigenvalue weighted by atomic mass is 16.2. The average molecular weight is 405 g/mol. The fourth-order valence-electron chi connectivity index (χ4n) is 4.13. The molecule has 2 amide bonds. The largest absolute Gasteiger partial charge is 0.347 e. The van der Waals surface area contributed by atoms with E-state index in [2.05, 4.69) is 20.6 Å². The summed E-state index contributed by atoms with van der Waals surface area (Å²) in [6, 6.07) is 17.5. The van der Waals surface area contributed by atoms with Crippen molar-refractivity contribution in [2.45, 2.75) is 44.6 Å². The van der Waals surface area contributed by atoms with Crippen LogP contribution in [-0.2, 0) is 16.0 Å². The van der Waals surface area contributed by atoms with Gasteiger partial charge in [0.1, 0.15) is 5.82 Å². The Morgan fingerprint density at radius 2 is 1.73 bits per heavy atom. The van der Waals surface area contributed by atoms with Crippen LogP contribution in [0.15, 0.2) is 54.6 Å². The van der Waals surface area contributed by atoms with Crippen LogP contribution in [0.3, 0.4) is 0 Å². The van der Waals surface area contributed by atoms with Gasteiger partial charge >= 0.3 is 0 Å². The summed E-state index contributed by atoms with van der Waals surface area (Å²) in [5, 5.41) is 5.87. The molecule has 3 aromatic rings. The number of carbonyl (C=O) groups is 2. The molecule has 30 heavy (non-hydrogen) atoms. The molecule has 0 spiro atoms. The summed E-state index contributed by atoms with van der Waals surface area (Å²) in [4.78, 5) is 33.0. The zero-order valence-corrected chi connectivity index (χ0v) is 17.1. The monoisotopic (exact) mass is 404 g/mol. The van der Waals surface area contributed by atoms with Gasteiger partial charge in [-0.05, 0) is 37.0 Å². The number of amides is 2. The molecule has 156 valence electrons. The molecular formula is C24H28N4O2. The number of carbonyl (C=O) groups excluding carboxylic acids is 2. The fourth-order valence-corrected chi connectivity index (χ4v) is 4.13. The number of aromatic nitrogens is 2. The number of nitrogens with one attached hydrogen (secondary N) is 3. The lowest BCUT2D eigenvalue weighted by molar-refractivity contribution is -0.129. The molecule has 1 aromatic heterocycles. The van der Waals surface area contributed by atoms with Gasteiger partial charge in [0, 0.05) is 5.92 Å². The van der Waals surface area contributed by atoms with E-state index in [0.29, 0.717) is 12.2 Å². The second kappa shape index (κ2) is 9.57. The minimum atomic E-state index is -0.307. The normalized spacial score (nSPS) is 15.6. The minimum absolute atomic E-state index is 0.00630. The third-order valence-corrected chi connectivity index (χ3v) is 5.75. The lowest BCUT2D eigenvalue weighted by Crippen LogP contribution is -2.41. The topological polar surface area (TPSA) is 86.9 Å². The van der Waals surface area contributed by atoms with Crippen LogP contribution in [0.1, 0.15) is 49.5 Å². The molecule has 1 aliphatic carbocycles. The van der Waals surface area contributed by atoms with Crippen molar-refractivity contribution in [1.29, 1.82) is 0 Å². The zero-order valence-electron chi connectivity index (χ0n) is 17.1. The van der Waals surface area contributed by atoms with Crippen molar-refractivity contribution in [3.63, 3.8) is 0 Å². The molecule has 6 nitrogen and oxygen atoms in total. The number of fused-ring (bicyclic) bond motifs is 1. The molecule has 0 unspecified atom stereocenters. The first-order valence-electron chi connectivity index (χ1n) is 10.7. The Kier molecular flexibility index (Phi) is 6.42. The number of imidazole rings is 1. The molecule has 6 heteroatoms. The molecule has 0 bridgehead atoms. The zero-order chi connectivity index (χ0) is 20.8. The number of benzene rings is 2. The molecule has 1 aliphatic rings. The molecular weight excluding hydrogens is 376 g/mol. The molecule has 1 heterocycles. The summed E-state index contributed by atoms with van der Waals surface area (Å²) in [6.07, 6.45) is 5.84. The summed E-state index contributed by atoms with van der Waals surface area (Å²) in [5.41, 5.74) is 2.91. The van der Waals surface area contributed by atoms with Gasteiger partial charge in [-0.3, -0.25) is 9.59 Å². The number of para-hydroxylation sites is 2. The molecule has 4 rings (SSSR count). The van der Waals surface area contributed by atoms with Crippen molar-refractivity contribution >= 4 is 22.8 Å². The maximum absolute atomic E-state index is 12.7. The predicted octanol–water partition coefficient (Wildman–Crippen LogP) is 3.66. The Bertz CT molecular complexity index is 960. The maximum atomic E-state index is 12.7. The molecule has 3 N–H and O–H groups in total. The van der Waals surface area contributed by atoms with E-state index >= 15 is 0 Å².